The first-order chi connectivity index (χ1) is 8.57. The minimum absolute atomic E-state index is 0.248. The maximum atomic E-state index is 6.26. The van der Waals surface area contributed by atoms with E-state index in [-0.39, 0.29) is 5.41 Å². The molecule has 3 heteroatoms. The topological polar surface area (TPSA) is 12.0 Å². The summed E-state index contributed by atoms with van der Waals surface area (Å²) in [6.45, 7) is 5.63. The molecule has 0 amide bonds. The summed E-state index contributed by atoms with van der Waals surface area (Å²) >= 11 is 8.28. The standard InChI is InChI=1S/C15H20ClNS/c1-15(2)13(16)8-14(15)17-9-11-7-10-5-3-4-6-12(10)18-11/h3-6,11,13-14,17H,7-9H2,1-2H3. The maximum Gasteiger partial charge on any atom is 0.0416 e. The molecule has 0 aromatic heterocycles. The van der Waals surface area contributed by atoms with E-state index in [0.29, 0.717) is 16.7 Å². The molecule has 18 heavy (non-hydrogen) atoms. The van der Waals surface area contributed by atoms with Gasteiger partial charge in [0.2, 0.25) is 0 Å². The van der Waals surface area contributed by atoms with Gasteiger partial charge in [-0.1, -0.05) is 32.0 Å². The summed E-state index contributed by atoms with van der Waals surface area (Å²) in [6, 6.07) is 9.35. The van der Waals surface area contributed by atoms with Gasteiger partial charge in [-0.05, 0) is 29.9 Å². The van der Waals surface area contributed by atoms with Crippen LogP contribution in [0.3, 0.4) is 0 Å². The van der Waals surface area contributed by atoms with Crippen molar-refractivity contribution < 1.29 is 0 Å². The summed E-state index contributed by atoms with van der Waals surface area (Å²) < 4.78 is 0. The van der Waals surface area contributed by atoms with Gasteiger partial charge in [0.25, 0.3) is 0 Å². The maximum absolute atomic E-state index is 6.26. The minimum Gasteiger partial charge on any atom is -0.312 e. The van der Waals surface area contributed by atoms with E-state index in [2.05, 4.69) is 43.4 Å². The summed E-state index contributed by atoms with van der Waals surface area (Å²) in [4.78, 5) is 1.47. The number of rotatable bonds is 3. The Morgan fingerprint density at radius 1 is 1.39 bits per heavy atom. The molecule has 2 aliphatic rings. The zero-order chi connectivity index (χ0) is 12.8. The Morgan fingerprint density at radius 2 is 2.17 bits per heavy atom. The zero-order valence-electron chi connectivity index (χ0n) is 10.9. The van der Waals surface area contributed by atoms with Crippen LogP contribution >= 0.6 is 23.4 Å². The van der Waals surface area contributed by atoms with Crippen LogP contribution in [-0.2, 0) is 6.42 Å². The van der Waals surface area contributed by atoms with Gasteiger partial charge in [0, 0.05) is 28.1 Å². The van der Waals surface area contributed by atoms with Gasteiger partial charge in [-0.15, -0.1) is 23.4 Å². The van der Waals surface area contributed by atoms with E-state index in [0.717, 1.165) is 13.0 Å². The highest BCUT2D eigenvalue weighted by molar-refractivity contribution is 8.00. The highest BCUT2D eigenvalue weighted by Crippen LogP contribution is 2.44. The van der Waals surface area contributed by atoms with Crippen LogP contribution in [-0.4, -0.2) is 23.2 Å². The predicted octanol–water partition coefficient (Wildman–Crippen LogP) is 3.70. The first-order valence-electron chi connectivity index (χ1n) is 6.69. The lowest BCUT2D eigenvalue weighted by Crippen LogP contribution is -2.58. The van der Waals surface area contributed by atoms with Crippen LogP contribution < -0.4 is 5.32 Å². The molecular formula is C15H20ClNS. The van der Waals surface area contributed by atoms with Gasteiger partial charge in [0.15, 0.2) is 0 Å². The van der Waals surface area contributed by atoms with Crippen LogP contribution in [0.25, 0.3) is 0 Å². The average Bonchev–Trinajstić information content (AvgIpc) is 2.76. The molecule has 0 radical (unpaired) electrons. The number of fused-ring (bicyclic) bond motifs is 1. The Balaban J connectivity index is 1.52. The van der Waals surface area contributed by atoms with E-state index in [1.54, 1.807) is 0 Å². The number of nitrogens with one attached hydrogen (secondary N) is 1. The predicted molar refractivity (Wildman–Crippen MR) is 79.6 cm³/mol. The van der Waals surface area contributed by atoms with Gasteiger partial charge in [-0.3, -0.25) is 0 Å². The summed E-state index contributed by atoms with van der Waals surface area (Å²) in [5.41, 5.74) is 1.76. The largest absolute Gasteiger partial charge is 0.312 e. The molecular weight excluding hydrogens is 262 g/mol. The van der Waals surface area contributed by atoms with Gasteiger partial charge in [-0.25, -0.2) is 0 Å². The first kappa shape index (κ1) is 12.8. The van der Waals surface area contributed by atoms with Gasteiger partial charge >= 0.3 is 0 Å². The third kappa shape index (κ3) is 2.19. The Bertz CT molecular complexity index is 421. The molecule has 1 heterocycles. The van der Waals surface area contributed by atoms with Crippen molar-refractivity contribution in [2.24, 2.45) is 5.41 Å². The number of thioether (sulfide) groups is 1. The molecule has 1 N–H and O–H groups in total. The van der Waals surface area contributed by atoms with Gasteiger partial charge in [0.05, 0.1) is 0 Å². The molecule has 0 saturated heterocycles. The molecule has 1 nitrogen and oxygen atoms in total. The summed E-state index contributed by atoms with van der Waals surface area (Å²) in [6.07, 6.45) is 2.31. The molecule has 3 atom stereocenters. The fourth-order valence-electron chi connectivity index (χ4n) is 2.86. The highest BCUT2D eigenvalue weighted by Gasteiger charge is 2.46. The van der Waals surface area contributed by atoms with Crippen LogP contribution in [0.4, 0.5) is 0 Å². The van der Waals surface area contributed by atoms with Gasteiger partial charge in [-0.2, -0.15) is 0 Å². The van der Waals surface area contributed by atoms with Crippen molar-refractivity contribution in [3.8, 4) is 0 Å². The lowest BCUT2D eigenvalue weighted by Gasteiger charge is -2.49. The lowest BCUT2D eigenvalue weighted by atomic mass is 9.67. The Kier molecular flexibility index (Phi) is 3.38. The molecule has 0 spiro atoms. The van der Waals surface area contributed by atoms with Crippen molar-refractivity contribution in [1.29, 1.82) is 0 Å². The first-order valence-corrected chi connectivity index (χ1v) is 8.01. The second kappa shape index (κ2) is 4.73. The fraction of sp³-hybridized carbons (Fsp3) is 0.600. The van der Waals surface area contributed by atoms with E-state index < -0.39 is 0 Å². The number of hydrogen-bond acceptors (Lipinski definition) is 2. The van der Waals surface area contributed by atoms with Crippen LogP contribution in [0.2, 0.25) is 0 Å². The van der Waals surface area contributed by atoms with Crippen LogP contribution in [0.5, 0.6) is 0 Å². The normalized spacial score (nSPS) is 32.9. The van der Waals surface area contributed by atoms with Crippen LogP contribution in [0.1, 0.15) is 25.8 Å². The summed E-state index contributed by atoms with van der Waals surface area (Å²) in [5.74, 6) is 0. The number of benzene rings is 1. The van der Waals surface area contributed by atoms with Crippen LogP contribution in [0.15, 0.2) is 29.2 Å². The van der Waals surface area contributed by atoms with Gasteiger partial charge in [0.1, 0.15) is 0 Å². The monoisotopic (exact) mass is 281 g/mol. The highest BCUT2D eigenvalue weighted by atomic mass is 35.5. The van der Waals surface area contributed by atoms with E-state index in [9.17, 15) is 0 Å². The third-order valence-corrected chi connectivity index (χ3v) is 6.51. The summed E-state index contributed by atoms with van der Waals surface area (Å²) in [7, 11) is 0. The van der Waals surface area contributed by atoms with Crippen molar-refractivity contribution in [3.63, 3.8) is 0 Å². The summed E-state index contributed by atoms with van der Waals surface area (Å²) in [5, 5.41) is 4.74. The molecule has 0 bridgehead atoms. The van der Waals surface area contributed by atoms with Crippen molar-refractivity contribution in [2.75, 3.05) is 6.54 Å². The minimum atomic E-state index is 0.248. The molecule has 1 aromatic rings. The van der Waals surface area contributed by atoms with E-state index in [4.69, 9.17) is 11.6 Å². The molecule has 1 saturated carbocycles. The number of hydrogen-bond donors (Lipinski definition) is 1. The smallest absolute Gasteiger partial charge is 0.0416 e. The van der Waals surface area contributed by atoms with Crippen molar-refractivity contribution >= 4 is 23.4 Å². The van der Waals surface area contributed by atoms with Crippen molar-refractivity contribution in [1.82, 2.24) is 5.32 Å². The third-order valence-electron chi connectivity index (χ3n) is 4.45. The van der Waals surface area contributed by atoms with Gasteiger partial charge < -0.3 is 5.32 Å². The van der Waals surface area contributed by atoms with Crippen molar-refractivity contribution in [2.45, 2.75) is 48.3 Å². The SMILES string of the molecule is CC1(C)C(Cl)CC1NCC1Cc2ccccc2S1. The second-order valence-corrected chi connectivity index (χ2v) is 7.91. The average molecular weight is 282 g/mol. The second-order valence-electron chi connectivity index (χ2n) is 6.04. The van der Waals surface area contributed by atoms with E-state index in [1.807, 2.05) is 11.8 Å². The van der Waals surface area contributed by atoms with Crippen LogP contribution in [0, 0.1) is 5.41 Å². The molecule has 1 aromatic carbocycles. The number of alkyl halides is 1. The zero-order valence-corrected chi connectivity index (χ0v) is 12.5. The Morgan fingerprint density at radius 3 is 2.83 bits per heavy atom. The van der Waals surface area contributed by atoms with E-state index in [1.165, 1.54) is 16.9 Å². The molecule has 3 rings (SSSR count). The fourth-order valence-corrected chi connectivity index (χ4v) is 4.45. The molecule has 1 aliphatic carbocycles. The molecule has 1 aliphatic heterocycles. The molecule has 3 unspecified atom stereocenters. The van der Waals surface area contributed by atoms with E-state index >= 15 is 0 Å². The quantitative estimate of drug-likeness (QED) is 0.848. The number of halogens is 1. The Hall–Kier alpha value is -0.180. The van der Waals surface area contributed by atoms with Crippen molar-refractivity contribution in [3.05, 3.63) is 29.8 Å². The lowest BCUT2D eigenvalue weighted by molar-refractivity contribution is 0.117. The molecule has 1 fully saturated rings. The Labute approximate surface area is 119 Å². The molecule has 98 valence electrons.